The summed E-state index contributed by atoms with van der Waals surface area (Å²) in [5.74, 6) is -9.17. The fourth-order valence-corrected chi connectivity index (χ4v) is 4.59. The van der Waals surface area contributed by atoms with Gasteiger partial charge in [0.05, 0.1) is 42.3 Å². The lowest BCUT2D eigenvalue weighted by Crippen LogP contribution is -2.32. The van der Waals surface area contributed by atoms with Crippen LogP contribution in [-0.4, -0.2) is 92.6 Å². The van der Waals surface area contributed by atoms with E-state index in [2.05, 4.69) is 5.32 Å². The third-order valence-electron chi connectivity index (χ3n) is 6.99. The van der Waals surface area contributed by atoms with Gasteiger partial charge < -0.3 is 40.0 Å². The molecule has 58 heavy (non-hydrogen) atoms. The van der Waals surface area contributed by atoms with Crippen molar-refractivity contribution in [1.82, 2.24) is 5.32 Å². The number of ether oxygens (including phenoxy) is 3. The highest BCUT2D eigenvalue weighted by molar-refractivity contribution is 6.33. The molecule has 0 radical (unpaired) electrons. The highest BCUT2D eigenvalue weighted by Gasteiger charge is 2.38. The predicted octanol–water partition coefficient (Wildman–Crippen LogP) is 4.95. The molecule has 0 amide bonds. The van der Waals surface area contributed by atoms with Crippen LogP contribution in [0.5, 0.6) is 0 Å². The van der Waals surface area contributed by atoms with Crippen molar-refractivity contribution in [2.24, 2.45) is 0 Å². The lowest BCUT2D eigenvalue weighted by molar-refractivity contribution is -0.150. The van der Waals surface area contributed by atoms with E-state index in [-0.39, 0.29) is 13.2 Å². The van der Waals surface area contributed by atoms with Crippen LogP contribution in [0.15, 0.2) is 83.2 Å². The van der Waals surface area contributed by atoms with Gasteiger partial charge in [-0.05, 0) is 77.8 Å². The first kappa shape index (κ1) is 51.1. The second kappa shape index (κ2) is 25.3. The molecule has 0 spiro atoms. The van der Waals surface area contributed by atoms with E-state index < -0.39 is 77.7 Å². The van der Waals surface area contributed by atoms with Crippen LogP contribution in [0.1, 0.15) is 95.6 Å². The largest absolute Gasteiger partial charge is 0.481 e. The minimum atomic E-state index is -1.58. The molecule has 0 unspecified atom stereocenters. The molecule has 0 aromatic heterocycles. The second-order valence-electron chi connectivity index (χ2n) is 12.7. The van der Waals surface area contributed by atoms with E-state index in [1.807, 2.05) is 24.3 Å². The number of carboxylic acid groups (broad SMARTS) is 4. The Morgan fingerprint density at radius 2 is 1.17 bits per heavy atom. The summed E-state index contributed by atoms with van der Waals surface area (Å²) >= 11 is 0. The smallest absolute Gasteiger partial charge is 0.372 e. The van der Waals surface area contributed by atoms with Crippen LogP contribution in [0.2, 0.25) is 0 Å². The molecule has 17 nitrogen and oxygen atoms in total. The molecule has 0 aliphatic carbocycles. The number of carbonyl (C=O) groups is 9. The van der Waals surface area contributed by atoms with Crippen molar-refractivity contribution < 1.29 is 77.8 Å². The van der Waals surface area contributed by atoms with Gasteiger partial charge in [-0.15, -0.1) is 0 Å². The van der Waals surface area contributed by atoms with Crippen molar-refractivity contribution >= 4 is 59.4 Å². The molecule has 1 aliphatic rings. The summed E-state index contributed by atoms with van der Waals surface area (Å²) in [6.07, 6.45) is 2.10. The molecule has 2 aromatic carbocycles. The monoisotopic (exact) mass is 811 g/mol. The molecule has 0 bridgehead atoms. The molecule has 314 valence electrons. The third kappa shape index (κ3) is 19.1. The summed E-state index contributed by atoms with van der Waals surface area (Å²) in [5.41, 5.74) is 2.88. The van der Waals surface area contributed by atoms with Gasteiger partial charge >= 0.3 is 41.8 Å². The van der Waals surface area contributed by atoms with Gasteiger partial charge in [0.15, 0.2) is 0 Å². The molecule has 0 saturated carbocycles. The van der Waals surface area contributed by atoms with E-state index in [0.29, 0.717) is 39.2 Å². The van der Waals surface area contributed by atoms with Crippen LogP contribution in [-0.2, 0) is 52.6 Å². The molecular weight excluding hydrogens is 762 g/mol. The standard InChI is InChI=1S/C26H33NO6.C7H6O2.C5H6O5.C3H4O3/c1-8-31-24(29)21-16(3)27-17(4)22(25(30)32-9-2)23(21)19-13-11-10-12-18(19)14-15-20(28)33-26(5,6)7;8-7(9)6-4-2-1-3-5-6;6-3(5(9)10)1-2-4(7)8;1-2(4)3(5)6/h10-15,23,27H,8-9H2,1-7H3;1-5H,(H,8,9);1-2H2,(H,7,8)(H,9,10);1H3,(H,5,6)/b15-14+;;;. The molecule has 3 rings (SSSR count). The number of allylic oxidation sites excluding steroid dienone is 2. The number of rotatable bonds is 13. The quantitative estimate of drug-likeness (QED) is 0.0774. The molecule has 0 saturated heterocycles. The number of aliphatic carboxylic acids is 3. The van der Waals surface area contributed by atoms with E-state index in [4.69, 9.17) is 34.6 Å². The van der Waals surface area contributed by atoms with Gasteiger partial charge in [0.1, 0.15) is 5.60 Å². The van der Waals surface area contributed by atoms with E-state index >= 15 is 0 Å². The Bertz CT molecular complexity index is 1860. The number of aromatic carboxylic acids is 1. The Kier molecular flexibility index (Phi) is 22.3. The number of hydrogen-bond acceptors (Lipinski definition) is 13. The third-order valence-corrected chi connectivity index (χ3v) is 6.99. The highest BCUT2D eigenvalue weighted by atomic mass is 16.6. The van der Waals surface area contributed by atoms with Gasteiger partial charge in [-0.25, -0.2) is 28.8 Å². The first-order chi connectivity index (χ1) is 27.0. The summed E-state index contributed by atoms with van der Waals surface area (Å²) in [4.78, 5) is 97.0. The maximum absolute atomic E-state index is 13.0. The topological polar surface area (TPSA) is 274 Å². The number of carboxylic acids is 4. The SMILES string of the molecule is CC(=O)C(=O)O.CCOC(=O)C1=C(C)NC(C)=C(C(=O)OCC)C1c1ccccc1/C=C/C(=O)OC(C)(C)C.O=C(O)CCC(=O)C(=O)O.O=C(O)c1ccccc1. The maximum Gasteiger partial charge on any atom is 0.372 e. The van der Waals surface area contributed by atoms with Crippen molar-refractivity contribution in [2.45, 2.75) is 79.8 Å². The Morgan fingerprint density at radius 1 is 0.707 bits per heavy atom. The normalized spacial score (nSPS) is 12.1. The average Bonchev–Trinajstić information content (AvgIpc) is 3.13. The van der Waals surface area contributed by atoms with Crippen molar-refractivity contribution in [3.05, 3.63) is 99.9 Å². The number of benzene rings is 2. The summed E-state index contributed by atoms with van der Waals surface area (Å²) in [6.45, 7) is 13.8. The molecule has 0 atom stereocenters. The van der Waals surface area contributed by atoms with Crippen molar-refractivity contribution in [3.63, 3.8) is 0 Å². The van der Waals surface area contributed by atoms with Crippen LogP contribution in [0, 0.1) is 0 Å². The molecular formula is C41H49NO16. The number of ketones is 2. The van der Waals surface area contributed by atoms with E-state index in [1.54, 1.807) is 84.9 Å². The number of Topliss-reactive ketones (excluding diaryl/α,β-unsaturated/α-hetero) is 2. The number of esters is 3. The minimum Gasteiger partial charge on any atom is -0.481 e. The first-order valence-electron chi connectivity index (χ1n) is 17.5. The summed E-state index contributed by atoms with van der Waals surface area (Å²) in [5, 5.41) is 35.1. The zero-order chi connectivity index (χ0) is 44.7. The summed E-state index contributed by atoms with van der Waals surface area (Å²) in [7, 11) is 0. The maximum atomic E-state index is 13.0. The Hall–Kier alpha value is -6.91. The summed E-state index contributed by atoms with van der Waals surface area (Å²) < 4.78 is 16.0. The van der Waals surface area contributed by atoms with Gasteiger partial charge in [0, 0.05) is 30.8 Å². The average molecular weight is 812 g/mol. The first-order valence-corrected chi connectivity index (χ1v) is 17.5. The van der Waals surface area contributed by atoms with Crippen molar-refractivity contribution in [2.75, 3.05) is 13.2 Å². The zero-order valence-corrected chi connectivity index (χ0v) is 33.4. The van der Waals surface area contributed by atoms with Crippen LogP contribution < -0.4 is 5.32 Å². The predicted molar refractivity (Wildman–Crippen MR) is 207 cm³/mol. The van der Waals surface area contributed by atoms with Gasteiger partial charge in [0.2, 0.25) is 11.6 Å². The van der Waals surface area contributed by atoms with E-state index in [1.165, 1.54) is 6.08 Å². The van der Waals surface area contributed by atoms with Crippen LogP contribution in [0.4, 0.5) is 0 Å². The highest BCUT2D eigenvalue weighted by Crippen LogP contribution is 2.41. The van der Waals surface area contributed by atoms with Crippen LogP contribution >= 0.6 is 0 Å². The zero-order valence-electron chi connectivity index (χ0n) is 33.4. The molecule has 1 heterocycles. The molecule has 2 aromatic rings. The van der Waals surface area contributed by atoms with Gasteiger partial charge in [0.25, 0.3) is 0 Å². The Balaban J connectivity index is 0.00000104. The number of nitrogens with one attached hydrogen (secondary N) is 1. The fourth-order valence-electron chi connectivity index (χ4n) is 4.59. The molecule has 0 fully saturated rings. The number of hydrogen-bond donors (Lipinski definition) is 5. The molecule has 5 N–H and O–H groups in total. The second-order valence-corrected chi connectivity index (χ2v) is 12.7. The van der Waals surface area contributed by atoms with E-state index in [0.717, 1.165) is 6.92 Å². The lowest BCUT2D eigenvalue weighted by Gasteiger charge is -2.31. The summed E-state index contributed by atoms with van der Waals surface area (Å²) in [6, 6.07) is 15.6. The minimum absolute atomic E-state index is 0.194. The van der Waals surface area contributed by atoms with Crippen LogP contribution in [0.25, 0.3) is 6.08 Å². The molecule has 17 heteroatoms. The van der Waals surface area contributed by atoms with Crippen molar-refractivity contribution in [1.29, 1.82) is 0 Å². The van der Waals surface area contributed by atoms with Gasteiger partial charge in [-0.3, -0.25) is 14.4 Å². The van der Waals surface area contributed by atoms with Gasteiger partial charge in [-0.2, -0.15) is 0 Å². The lowest BCUT2D eigenvalue weighted by atomic mass is 9.78. The molecule has 1 aliphatic heterocycles. The Morgan fingerprint density at radius 3 is 1.55 bits per heavy atom. The Labute approximate surface area is 335 Å². The fraction of sp³-hybridized carbons (Fsp3) is 0.341. The van der Waals surface area contributed by atoms with Crippen molar-refractivity contribution in [3.8, 4) is 0 Å². The van der Waals surface area contributed by atoms with E-state index in [9.17, 15) is 43.2 Å². The number of carbonyl (C=O) groups excluding carboxylic acids is 5. The number of dihydropyridines is 1. The van der Waals surface area contributed by atoms with Crippen LogP contribution in [0.3, 0.4) is 0 Å². The van der Waals surface area contributed by atoms with Gasteiger partial charge in [-0.1, -0.05) is 42.5 Å².